The number of anilines is 1. The standard InChI is InChI=1S/C22H24N4O2/c27-21(14-16-15-23-20-9-5-4-8-19(16)20)26-12-10-18(11-13-26)25-22(28)24-17-6-2-1-3-7-17/h1-9,15,18,23H,10-14H2,(H2,24,25,28). The molecule has 3 amide bonds. The van der Waals surface area contributed by atoms with Crippen LogP contribution in [0.2, 0.25) is 0 Å². The number of carbonyl (C=O) groups excluding carboxylic acids is 2. The van der Waals surface area contributed by atoms with E-state index >= 15 is 0 Å². The zero-order valence-electron chi connectivity index (χ0n) is 15.7. The van der Waals surface area contributed by atoms with E-state index in [-0.39, 0.29) is 18.0 Å². The maximum Gasteiger partial charge on any atom is 0.319 e. The zero-order valence-corrected chi connectivity index (χ0v) is 15.7. The highest BCUT2D eigenvalue weighted by atomic mass is 16.2. The van der Waals surface area contributed by atoms with E-state index in [0.717, 1.165) is 35.0 Å². The van der Waals surface area contributed by atoms with Gasteiger partial charge in [-0.3, -0.25) is 4.79 Å². The Labute approximate surface area is 163 Å². The molecule has 1 saturated heterocycles. The van der Waals surface area contributed by atoms with Gasteiger partial charge in [0, 0.05) is 41.9 Å². The molecule has 0 spiro atoms. The van der Waals surface area contributed by atoms with Gasteiger partial charge in [-0.25, -0.2) is 4.79 Å². The fourth-order valence-electron chi connectivity index (χ4n) is 3.70. The third-order valence-electron chi connectivity index (χ3n) is 5.23. The number of fused-ring (bicyclic) bond motifs is 1. The van der Waals surface area contributed by atoms with Crippen LogP contribution in [0.15, 0.2) is 60.8 Å². The highest BCUT2D eigenvalue weighted by Gasteiger charge is 2.24. The summed E-state index contributed by atoms with van der Waals surface area (Å²) in [6.45, 7) is 1.33. The lowest BCUT2D eigenvalue weighted by molar-refractivity contribution is -0.131. The first-order chi connectivity index (χ1) is 13.7. The van der Waals surface area contributed by atoms with Gasteiger partial charge in [0.25, 0.3) is 0 Å². The van der Waals surface area contributed by atoms with Gasteiger partial charge in [-0.2, -0.15) is 0 Å². The fourth-order valence-corrected chi connectivity index (χ4v) is 3.70. The summed E-state index contributed by atoms with van der Waals surface area (Å²) in [5, 5.41) is 6.94. The molecule has 1 aromatic heterocycles. The number of benzene rings is 2. The molecule has 6 heteroatoms. The monoisotopic (exact) mass is 376 g/mol. The number of H-pyrrole nitrogens is 1. The number of nitrogens with one attached hydrogen (secondary N) is 3. The number of hydrogen-bond acceptors (Lipinski definition) is 2. The van der Waals surface area contributed by atoms with Crippen molar-refractivity contribution in [2.75, 3.05) is 18.4 Å². The second kappa shape index (κ2) is 8.17. The van der Waals surface area contributed by atoms with Gasteiger partial charge in [0.1, 0.15) is 0 Å². The molecular weight excluding hydrogens is 352 g/mol. The number of amides is 3. The molecule has 1 aliphatic heterocycles. The molecule has 0 bridgehead atoms. The third kappa shape index (κ3) is 4.17. The largest absolute Gasteiger partial charge is 0.361 e. The van der Waals surface area contributed by atoms with E-state index < -0.39 is 0 Å². The number of aromatic amines is 1. The molecule has 4 rings (SSSR count). The highest BCUT2D eigenvalue weighted by molar-refractivity contribution is 5.90. The van der Waals surface area contributed by atoms with Crippen molar-refractivity contribution in [1.82, 2.24) is 15.2 Å². The van der Waals surface area contributed by atoms with Crippen LogP contribution in [0.4, 0.5) is 10.5 Å². The lowest BCUT2D eigenvalue weighted by Crippen LogP contribution is -2.47. The molecule has 0 saturated carbocycles. The summed E-state index contributed by atoms with van der Waals surface area (Å²) in [4.78, 5) is 29.9. The second-order valence-electron chi connectivity index (χ2n) is 7.16. The van der Waals surface area contributed by atoms with Crippen LogP contribution in [0.3, 0.4) is 0 Å². The summed E-state index contributed by atoms with van der Waals surface area (Å²) in [6, 6.07) is 17.3. The topological polar surface area (TPSA) is 77.2 Å². The number of nitrogens with zero attached hydrogens (tertiary/aromatic N) is 1. The minimum absolute atomic E-state index is 0.0841. The van der Waals surface area contributed by atoms with Crippen molar-refractivity contribution in [1.29, 1.82) is 0 Å². The minimum atomic E-state index is -0.199. The van der Waals surface area contributed by atoms with Crippen LogP contribution < -0.4 is 10.6 Å². The highest BCUT2D eigenvalue weighted by Crippen LogP contribution is 2.20. The molecule has 1 fully saturated rings. The van der Waals surface area contributed by atoms with E-state index in [4.69, 9.17) is 0 Å². The Kier molecular flexibility index (Phi) is 5.28. The van der Waals surface area contributed by atoms with Gasteiger partial charge in [0.05, 0.1) is 6.42 Å². The lowest BCUT2D eigenvalue weighted by Gasteiger charge is -2.32. The van der Waals surface area contributed by atoms with Crippen molar-refractivity contribution < 1.29 is 9.59 Å². The molecule has 6 nitrogen and oxygen atoms in total. The number of urea groups is 1. The van der Waals surface area contributed by atoms with Crippen LogP contribution >= 0.6 is 0 Å². The summed E-state index contributed by atoms with van der Waals surface area (Å²) in [5.74, 6) is 0.136. The van der Waals surface area contributed by atoms with Crippen LogP contribution in [0.5, 0.6) is 0 Å². The van der Waals surface area contributed by atoms with Crippen LogP contribution in [0.25, 0.3) is 10.9 Å². The number of aromatic nitrogens is 1. The molecule has 144 valence electrons. The molecule has 28 heavy (non-hydrogen) atoms. The van der Waals surface area contributed by atoms with E-state index in [1.54, 1.807) is 0 Å². The van der Waals surface area contributed by atoms with E-state index in [1.165, 1.54) is 0 Å². The fraction of sp³-hybridized carbons (Fsp3) is 0.273. The van der Waals surface area contributed by atoms with Crippen molar-refractivity contribution in [3.8, 4) is 0 Å². The van der Waals surface area contributed by atoms with Crippen molar-refractivity contribution in [2.24, 2.45) is 0 Å². The van der Waals surface area contributed by atoms with Crippen LogP contribution in [-0.2, 0) is 11.2 Å². The third-order valence-corrected chi connectivity index (χ3v) is 5.23. The molecule has 1 aliphatic rings. The Bertz CT molecular complexity index is 959. The molecule has 0 aliphatic carbocycles. The van der Waals surface area contributed by atoms with Crippen LogP contribution in [0, 0.1) is 0 Å². The van der Waals surface area contributed by atoms with Gasteiger partial charge in [-0.05, 0) is 36.6 Å². The van der Waals surface area contributed by atoms with Crippen LogP contribution in [0.1, 0.15) is 18.4 Å². The summed E-state index contributed by atoms with van der Waals surface area (Å²) >= 11 is 0. The summed E-state index contributed by atoms with van der Waals surface area (Å²) in [5.41, 5.74) is 2.85. The van der Waals surface area contributed by atoms with Crippen molar-refractivity contribution in [3.63, 3.8) is 0 Å². The zero-order chi connectivity index (χ0) is 19.3. The van der Waals surface area contributed by atoms with Crippen LogP contribution in [-0.4, -0.2) is 41.0 Å². The number of para-hydroxylation sites is 2. The van der Waals surface area contributed by atoms with Gasteiger partial charge in [-0.15, -0.1) is 0 Å². The molecule has 2 heterocycles. The Hall–Kier alpha value is -3.28. The maximum atomic E-state index is 12.7. The molecule has 0 unspecified atom stereocenters. The molecule has 2 aromatic carbocycles. The first-order valence-corrected chi connectivity index (χ1v) is 9.64. The van der Waals surface area contributed by atoms with Crippen molar-refractivity contribution in [2.45, 2.75) is 25.3 Å². The van der Waals surface area contributed by atoms with Gasteiger partial charge in [0.2, 0.25) is 5.91 Å². The molecule has 3 aromatic rings. The number of hydrogen-bond donors (Lipinski definition) is 3. The molecule has 0 radical (unpaired) electrons. The average molecular weight is 376 g/mol. The SMILES string of the molecule is O=C(Nc1ccccc1)NC1CCN(C(=O)Cc2c[nH]c3ccccc23)CC1. The van der Waals surface area contributed by atoms with E-state index in [0.29, 0.717) is 19.5 Å². The first kappa shape index (κ1) is 18.1. The van der Waals surface area contributed by atoms with E-state index in [2.05, 4.69) is 15.6 Å². The predicted molar refractivity (Wildman–Crippen MR) is 110 cm³/mol. The summed E-state index contributed by atoms with van der Waals surface area (Å²) < 4.78 is 0. The number of rotatable bonds is 4. The first-order valence-electron chi connectivity index (χ1n) is 9.64. The number of carbonyl (C=O) groups is 2. The number of likely N-dealkylation sites (tertiary alicyclic amines) is 1. The van der Waals surface area contributed by atoms with Gasteiger partial charge < -0.3 is 20.5 Å². The summed E-state index contributed by atoms with van der Waals surface area (Å²) in [7, 11) is 0. The van der Waals surface area contributed by atoms with Gasteiger partial charge >= 0.3 is 6.03 Å². The van der Waals surface area contributed by atoms with E-state index in [1.807, 2.05) is 65.7 Å². The molecule has 0 atom stereocenters. The average Bonchev–Trinajstić information content (AvgIpc) is 3.12. The Morgan fingerprint density at radius 2 is 1.71 bits per heavy atom. The minimum Gasteiger partial charge on any atom is -0.361 e. The maximum absolute atomic E-state index is 12.7. The van der Waals surface area contributed by atoms with Gasteiger partial charge in [-0.1, -0.05) is 36.4 Å². The second-order valence-corrected chi connectivity index (χ2v) is 7.16. The predicted octanol–water partition coefficient (Wildman–Crippen LogP) is 3.52. The number of piperidine rings is 1. The quantitative estimate of drug-likeness (QED) is 0.651. The Morgan fingerprint density at radius 1 is 1.00 bits per heavy atom. The van der Waals surface area contributed by atoms with Crippen molar-refractivity contribution in [3.05, 3.63) is 66.4 Å². The summed E-state index contributed by atoms with van der Waals surface area (Å²) in [6.07, 6.45) is 3.85. The lowest BCUT2D eigenvalue weighted by atomic mass is 10.0. The van der Waals surface area contributed by atoms with Crippen molar-refractivity contribution >= 4 is 28.5 Å². The normalized spacial score (nSPS) is 14.8. The Morgan fingerprint density at radius 3 is 2.50 bits per heavy atom. The van der Waals surface area contributed by atoms with E-state index in [9.17, 15) is 9.59 Å². The van der Waals surface area contributed by atoms with Gasteiger partial charge in [0.15, 0.2) is 0 Å². The molecule has 3 N–H and O–H groups in total. The Balaban J connectivity index is 1.26. The molecular formula is C22H24N4O2. The smallest absolute Gasteiger partial charge is 0.319 e.